The zero-order valence-corrected chi connectivity index (χ0v) is 20.8. The molecule has 0 fully saturated rings. The molecule has 0 unspecified atom stereocenters. The molecule has 0 saturated heterocycles. The number of unbranched alkanes of at least 4 members (excludes halogenated alkanes) is 5. The number of hydrogen-bond donors (Lipinski definition) is 0. The minimum absolute atomic E-state index is 0.311. The van der Waals surface area contributed by atoms with E-state index < -0.39 is 20.5 Å². The molecule has 0 aromatic carbocycles. The minimum atomic E-state index is -2.32. The summed E-state index contributed by atoms with van der Waals surface area (Å²) >= 11 is 0. The maximum Gasteiger partial charge on any atom is 0.452 e. The van der Waals surface area contributed by atoms with Gasteiger partial charge < -0.3 is 9.16 Å². The first-order valence-corrected chi connectivity index (χ1v) is 13.9. The third-order valence-electron chi connectivity index (χ3n) is 4.58. The highest BCUT2D eigenvalue weighted by Crippen LogP contribution is 2.33. The number of carbonyl (C=O) groups excluding carboxylic acids is 2. The number of azo groups is 1. The molecule has 0 bridgehead atoms. The molecule has 0 heterocycles. The highest BCUT2D eigenvalue weighted by atomic mass is 28.4. The first kappa shape index (κ1) is 27.8. The van der Waals surface area contributed by atoms with E-state index in [4.69, 9.17) is 9.16 Å². The molecule has 0 aliphatic rings. The lowest BCUT2D eigenvalue weighted by Gasteiger charge is -2.34. The zero-order chi connectivity index (χ0) is 22.3. The van der Waals surface area contributed by atoms with E-state index in [2.05, 4.69) is 58.7 Å². The standard InChI is InChI=1S/C22H44N2O4Si/c1-8-9-10-11-12-13-14-27-21(25)23-24-22(26)28-29(15-18(2)3,16-19(4)5)17-20(6)7/h18-20H,8-17H2,1-7H3/b24-23+. The Morgan fingerprint density at radius 3 is 1.66 bits per heavy atom. The lowest BCUT2D eigenvalue weighted by molar-refractivity contribution is 0.151. The van der Waals surface area contributed by atoms with Gasteiger partial charge in [-0.15, -0.1) is 0 Å². The summed E-state index contributed by atoms with van der Waals surface area (Å²) in [5.74, 6) is 1.31. The van der Waals surface area contributed by atoms with Crippen molar-refractivity contribution in [1.29, 1.82) is 0 Å². The predicted molar refractivity (Wildman–Crippen MR) is 121 cm³/mol. The summed E-state index contributed by atoms with van der Waals surface area (Å²) in [6.45, 7) is 15.4. The van der Waals surface area contributed by atoms with Gasteiger partial charge in [0.25, 0.3) is 8.32 Å². The normalized spacial score (nSPS) is 12.3. The summed E-state index contributed by atoms with van der Waals surface area (Å²) < 4.78 is 11.0. The molecular formula is C22H44N2O4Si. The van der Waals surface area contributed by atoms with Crippen molar-refractivity contribution in [2.45, 2.75) is 105 Å². The van der Waals surface area contributed by atoms with Crippen LogP contribution in [0.2, 0.25) is 18.1 Å². The molecule has 0 aliphatic carbocycles. The van der Waals surface area contributed by atoms with Gasteiger partial charge >= 0.3 is 12.2 Å². The van der Waals surface area contributed by atoms with Crippen LogP contribution in [0.4, 0.5) is 9.59 Å². The van der Waals surface area contributed by atoms with Crippen molar-refractivity contribution in [2.75, 3.05) is 6.61 Å². The summed E-state index contributed by atoms with van der Waals surface area (Å²) in [6, 6.07) is 2.69. The van der Waals surface area contributed by atoms with Crippen LogP contribution in [0.3, 0.4) is 0 Å². The Bertz CT molecular complexity index is 467. The highest BCUT2D eigenvalue weighted by molar-refractivity contribution is 6.75. The van der Waals surface area contributed by atoms with Gasteiger partial charge in [0.05, 0.1) is 6.61 Å². The highest BCUT2D eigenvalue weighted by Gasteiger charge is 2.40. The van der Waals surface area contributed by atoms with Crippen LogP contribution in [0.1, 0.15) is 87.0 Å². The Hall–Kier alpha value is -1.24. The predicted octanol–water partition coefficient (Wildman–Crippen LogP) is 7.99. The fraction of sp³-hybridized carbons (Fsp3) is 0.909. The molecule has 7 heteroatoms. The Labute approximate surface area is 179 Å². The van der Waals surface area contributed by atoms with Crippen LogP contribution in [0, 0.1) is 17.8 Å². The molecular weight excluding hydrogens is 384 g/mol. The van der Waals surface area contributed by atoms with Crippen LogP contribution in [0.15, 0.2) is 10.2 Å². The summed E-state index contributed by atoms with van der Waals surface area (Å²) in [4.78, 5) is 24.0. The van der Waals surface area contributed by atoms with Gasteiger partial charge in [0, 0.05) is 0 Å². The van der Waals surface area contributed by atoms with Gasteiger partial charge in [-0.25, -0.2) is 9.59 Å². The summed E-state index contributed by atoms with van der Waals surface area (Å²) in [5, 5.41) is 6.90. The Morgan fingerprint density at radius 1 is 0.724 bits per heavy atom. The second kappa shape index (κ2) is 15.6. The van der Waals surface area contributed by atoms with Crippen molar-refractivity contribution >= 4 is 20.5 Å². The maximum absolute atomic E-state index is 12.3. The summed E-state index contributed by atoms with van der Waals surface area (Å²) in [5.41, 5.74) is 0. The number of carbonyl (C=O) groups is 2. The number of rotatable bonds is 14. The van der Waals surface area contributed by atoms with Crippen LogP contribution in [0.5, 0.6) is 0 Å². The molecule has 0 aliphatic heterocycles. The smallest absolute Gasteiger partial charge is 0.452 e. The van der Waals surface area contributed by atoms with Gasteiger partial charge in [-0.1, -0.05) is 90.8 Å². The van der Waals surface area contributed by atoms with E-state index >= 15 is 0 Å². The molecule has 0 saturated carbocycles. The molecule has 0 N–H and O–H groups in total. The first-order valence-electron chi connectivity index (χ1n) is 11.4. The van der Waals surface area contributed by atoms with Gasteiger partial charge in [-0.3, -0.25) is 0 Å². The zero-order valence-electron chi connectivity index (χ0n) is 19.8. The monoisotopic (exact) mass is 428 g/mol. The van der Waals surface area contributed by atoms with Crippen LogP contribution < -0.4 is 0 Å². The summed E-state index contributed by atoms with van der Waals surface area (Å²) in [7, 11) is -2.32. The fourth-order valence-electron chi connectivity index (χ4n) is 3.97. The van der Waals surface area contributed by atoms with Gasteiger partial charge in [0.2, 0.25) is 0 Å². The molecule has 170 valence electrons. The molecule has 0 spiro atoms. The van der Waals surface area contributed by atoms with Crippen LogP contribution in [0.25, 0.3) is 0 Å². The van der Waals surface area contributed by atoms with Gasteiger partial charge in [-0.05, 0) is 42.3 Å². The quantitative estimate of drug-likeness (QED) is 0.159. The molecule has 6 nitrogen and oxygen atoms in total. The van der Waals surface area contributed by atoms with E-state index in [1.54, 1.807) is 0 Å². The molecule has 2 amide bonds. The van der Waals surface area contributed by atoms with E-state index in [1.807, 2.05) is 0 Å². The lowest BCUT2D eigenvalue weighted by Crippen LogP contribution is -2.43. The second-order valence-corrected chi connectivity index (χ2v) is 13.2. The first-order chi connectivity index (χ1) is 13.6. The van der Waals surface area contributed by atoms with Gasteiger partial charge in [0.1, 0.15) is 0 Å². The van der Waals surface area contributed by atoms with Gasteiger partial charge in [-0.2, -0.15) is 0 Å². The average molecular weight is 429 g/mol. The van der Waals surface area contributed by atoms with Crippen molar-refractivity contribution < 1.29 is 18.8 Å². The van der Waals surface area contributed by atoms with Crippen LogP contribution >= 0.6 is 0 Å². The molecule has 0 atom stereocenters. The van der Waals surface area contributed by atoms with E-state index in [-0.39, 0.29) is 0 Å². The molecule has 0 rings (SSSR count). The van der Waals surface area contributed by atoms with Crippen molar-refractivity contribution in [1.82, 2.24) is 0 Å². The van der Waals surface area contributed by atoms with Crippen molar-refractivity contribution in [2.24, 2.45) is 28.0 Å². The Kier molecular flexibility index (Phi) is 14.9. The molecule has 0 aromatic heterocycles. The number of hydrogen-bond acceptors (Lipinski definition) is 4. The SMILES string of the molecule is CCCCCCCCOC(=O)/N=N/C(=O)O[Si](CC(C)C)(CC(C)C)CC(C)C. The van der Waals surface area contributed by atoms with Gasteiger partial charge in [0.15, 0.2) is 0 Å². The van der Waals surface area contributed by atoms with Crippen molar-refractivity contribution in [3.8, 4) is 0 Å². The van der Waals surface area contributed by atoms with E-state index in [9.17, 15) is 9.59 Å². The number of amides is 2. The van der Waals surface area contributed by atoms with Crippen molar-refractivity contribution in [3.63, 3.8) is 0 Å². The average Bonchev–Trinajstić information content (AvgIpc) is 2.57. The van der Waals surface area contributed by atoms with Crippen molar-refractivity contribution in [3.05, 3.63) is 0 Å². The van der Waals surface area contributed by atoms with Crippen LogP contribution in [-0.4, -0.2) is 27.1 Å². The largest absolute Gasteiger partial charge is 0.501 e. The third kappa shape index (κ3) is 15.3. The van der Waals surface area contributed by atoms with E-state index in [0.29, 0.717) is 24.4 Å². The topological polar surface area (TPSA) is 77.3 Å². The molecule has 29 heavy (non-hydrogen) atoms. The molecule has 0 aromatic rings. The second-order valence-electron chi connectivity index (χ2n) is 9.43. The minimum Gasteiger partial charge on any atom is -0.501 e. The van der Waals surface area contributed by atoms with E-state index in [1.165, 1.54) is 19.3 Å². The van der Waals surface area contributed by atoms with E-state index in [0.717, 1.165) is 37.4 Å². The molecule has 0 radical (unpaired) electrons. The lowest BCUT2D eigenvalue weighted by atomic mass is 10.1. The summed E-state index contributed by atoms with van der Waals surface area (Å²) in [6.07, 6.45) is 5.07. The third-order valence-corrected chi connectivity index (χ3v) is 9.87. The maximum atomic E-state index is 12.3. The Balaban J connectivity index is 4.65. The van der Waals surface area contributed by atoms with Crippen LogP contribution in [-0.2, 0) is 9.16 Å². The fourth-order valence-corrected chi connectivity index (χ4v) is 9.59. The number of ether oxygens (including phenoxy) is 1. The number of nitrogens with zero attached hydrogens (tertiary/aromatic N) is 2. The Morgan fingerprint density at radius 2 is 1.17 bits per heavy atom.